The zero-order valence-corrected chi connectivity index (χ0v) is 18.5. The first-order valence-corrected chi connectivity index (χ1v) is 10.7. The van der Waals surface area contributed by atoms with Gasteiger partial charge in [-0.25, -0.2) is 9.67 Å². The van der Waals surface area contributed by atoms with Gasteiger partial charge in [-0.15, -0.1) is 0 Å². The van der Waals surface area contributed by atoms with Gasteiger partial charge in [-0.1, -0.05) is 23.7 Å². The van der Waals surface area contributed by atoms with Crippen LogP contribution >= 0.6 is 11.6 Å². The average molecular weight is 445 g/mol. The number of carbonyl (C=O) groups is 1. The number of amides is 1. The van der Waals surface area contributed by atoms with Crippen molar-refractivity contribution in [2.75, 3.05) is 25.5 Å². The van der Waals surface area contributed by atoms with E-state index in [2.05, 4.69) is 25.3 Å². The standard InChI is InChI=1S/C24H21ClN6O/c1-15-11-21(31(29-15)20-7-4-16-12-19(25)6-3-17(16)13-20)24(32)28-22-8-5-18(14-27-22)23-26-9-10-30(23)2/h3-8,11-14H,9-10H2,1-2H3,(H,27,28,32). The third-order valence-electron chi connectivity index (χ3n) is 5.42. The number of benzene rings is 2. The Bertz CT molecular complexity index is 1360. The molecule has 3 heterocycles. The molecule has 0 bridgehead atoms. The van der Waals surface area contributed by atoms with Crippen LogP contribution in [-0.4, -0.2) is 51.5 Å². The summed E-state index contributed by atoms with van der Waals surface area (Å²) >= 11 is 6.09. The van der Waals surface area contributed by atoms with Gasteiger partial charge in [0.2, 0.25) is 0 Å². The molecule has 2 aromatic carbocycles. The highest BCUT2D eigenvalue weighted by Crippen LogP contribution is 2.23. The number of fused-ring (bicyclic) bond motifs is 1. The zero-order chi connectivity index (χ0) is 22.2. The second-order valence-electron chi connectivity index (χ2n) is 7.77. The SMILES string of the molecule is Cc1cc(C(=O)Nc2ccc(C3=NCCN3C)cn2)n(-c2ccc3cc(Cl)ccc3c2)n1. The van der Waals surface area contributed by atoms with Crippen molar-refractivity contribution in [2.24, 2.45) is 4.99 Å². The Kier molecular flexibility index (Phi) is 5.11. The van der Waals surface area contributed by atoms with Crippen molar-refractivity contribution in [1.82, 2.24) is 19.7 Å². The Labute approximate surface area is 190 Å². The van der Waals surface area contributed by atoms with Gasteiger partial charge in [0.05, 0.1) is 17.9 Å². The van der Waals surface area contributed by atoms with Crippen LogP contribution in [0, 0.1) is 6.92 Å². The molecule has 4 aromatic rings. The van der Waals surface area contributed by atoms with Crippen LogP contribution in [0.3, 0.4) is 0 Å². The fourth-order valence-electron chi connectivity index (χ4n) is 3.82. The number of aryl methyl sites for hydroxylation is 1. The molecule has 0 spiro atoms. The highest BCUT2D eigenvalue weighted by molar-refractivity contribution is 6.31. The molecule has 0 radical (unpaired) electrons. The third-order valence-corrected chi connectivity index (χ3v) is 5.65. The number of likely N-dealkylation sites (N-methyl/N-ethyl adjacent to an activating group) is 1. The number of anilines is 1. The minimum Gasteiger partial charge on any atom is -0.358 e. The maximum atomic E-state index is 13.1. The van der Waals surface area contributed by atoms with Crippen LogP contribution in [-0.2, 0) is 0 Å². The Morgan fingerprint density at radius 2 is 1.88 bits per heavy atom. The summed E-state index contributed by atoms with van der Waals surface area (Å²) in [6.45, 7) is 3.55. The first-order chi connectivity index (χ1) is 15.5. The summed E-state index contributed by atoms with van der Waals surface area (Å²) in [5.74, 6) is 1.11. The number of rotatable bonds is 4. The second-order valence-corrected chi connectivity index (χ2v) is 8.21. The summed E-state index contributed by atoms with van der Waals surface area (Å²) < 4.78 is 1.65. The molecule has 0 atom stereocenters. The van der Waals surface area contributed by atoms with Crippen LogP contribution in [0.1, 0.15) is 21.7 Å². The lowest BCUT2D eigenvalue weighted by Gasteiger charge is -2.13. The van der Waals surface area contributed by atoms with E-state index in [4.69, 9.17) is 11.6 Å². The largest absolute Gasteiger partial charge is 0.358 e. The number of carbonyl (C=O) groups excluding carboxylic acids is 1. The molecule has 1 aliphatic rings. The van der Waals surface area contributed by atoms with E-state index < -0.39 is 0 Å². The van der Waals surface area contributed by atoms with Crippen LogP contribution in [0.5, 0.6) is 0 Å². The van der Waals surface area contributed by atoms with E-state index in [1.807, 2.05) is 56.4 Å². The molecule has 8 heteroatoms. The number of nitrogens with one attached hydrogen (secondary N) is 1. The molecule has 1 aliphatic heterocycles. The van der Waals surface area contributed by atoms with E-state index in [1.54, 1.807) is 23.0 Å². The summed E-state index contributed by atoms with van der Waals surface area (Å²) in [4.78, 5) is 24.0. The normalized spacial score (nSPS) is 13.5. The van der Waals surface area contributed by atoms with Crippen molar-refractivity contribution in [3.63, 3.8) is 0 Å². The minimum absolute atomic E-state index is 0.280. The van der Waals surface area contributed by atoms with E-state index in [1.165, 1.54) is 0 Å². The quantitative estimate of drug-likeness (QED) is 0.508. The van der Waals surface area contributed by atoms with E-state index in [0.29, 0.717) is 16.5 Å². The van der Waals surface area contributed by atoms with Crippen LogP contribution in [0.4, 0.5) is 5.82 Å². The van der Waals surface area contributed by atoms with Gasteiger partial charge >= 0.3 is 0 Å². The number of aliphatic imine (C=N–C) groups is 1. The molecular formula is C24H21ClN6O. The Balaban J connectivity index is 1.41. The van der Waals surface area contributed by atoms with Crippen molar-refractivity contribution in [1.29, 1.82) is 0 Å². The Morgan fingerprint density at radius 1 is 1.06 bits per heavy atom. The molecule has 1 N–H and O–H groups in total. The van der Waals surface area contributed by atoms with Gasteiger partial charge in [0.25, 0.3) is 5.91 Å². The second kappa shape index (κ2) is 8.09. The number of amidine groups is 1. The van der Waals surface area contributed by atoms with Gasteiger partial charge in [0, 0.05) is 30.4 Å². The molecule has 0 aliphatic carbocycles. The van der Waals surface area contributed by atoms with E-state index in [0.717, 1.165) is 46.6 Å². The molecule has 0 unspecified atom stereocenters. The van der Waals surface area contributed by atoms with Gasteiger partial charge in [0.15, 0.2) is 0 Å². The molecule has 2 aromatic heterocycles. The number of aromatic nitrogens is 3. The highest BCUT2D eigenvalue weighted by Gasteiger charge is 2.18. The smallest absolute Gasteiger partial charge is 0.275 e. The van der Waals surface area contributed by atoms with Crippen molar-refractivity contribution >= 4 is 39.9 Å². The number of halogens is 1. The molecule has 7 nitrogen and oxygen atoms in total. The number of hydrogen-bond acceptors (Lipinski definition) is 5. The fraction of sp³-hybridized carbons (Fsp3) is 0.167. The predicted molar refractivity (Wildman–Crippen MR) is 127 cm³/mol. The Hall–Kier alpha value is -3.71. The fourth-order valence-corrected chi connectivity index (χ4v) is 4.00. The molecule has 32 heavy (non-hydrogen) atoms. The van der Waals surface area contributed by atoms with E-state index in [9.17, 15) is 4.79 Å². The topological polar surface area (TPSA) is 75.4 Å². The van der Waals surface area contributed by atoms with Crippen molar-refractivity contribution in [2.45, 2.75) is 6.92 Å². The summed E-state index contributed by atoms with van der Waals surface area (Å²) in [7, 11) is 2.01. The number of nitrogens with zero attached hydrogens (tertiary/aromatic N) is 5. The van der Waals surface area contributed by atoms with Gasteiger partial charge in [0.1, 0.15) is 17.3 Å². The van der Waals surface area contributed by atoms with Gasteiger partial charge in [-0.2, -0.15) is 5.10 Å². The van der Waals surface area contributed by atoms with Crippen LogP contribution in [0.2, 0.25) is 5.02 Å². The molecule has 160 valence electrons. The highest BCUT2D eigenvalue weighted by atomic mass is 35.5. The molecular weight excluding hydrogens is 424 g/mol. The first-order valence-electron chi connectivity index (χ1n) is 10.3. The monoisotopic (exact) mass is 444 g/mol. The predicted octanol–water partition coefficient (Wildman–Crippen LogP) is 4.33. The maximum Gasteiger partial charge on any atom is 0.275 e. The molecule has 1 amide bonds. The van der Waals surface area contributed by atoms with Gasteiger partial charge in [-0.05, 0) is 60.2 Å². The third kappa shape index (κ3) is 3.83. The van der Waals surface area contributed by atoms with E-state index >= 15 is 0 Å². The summed E-state index contributed by atoms with van der Waals surface area (Å²) in [5.41, 5.74) is 2.90. The van der Waals surface area contributed by atoms with Gasteiger partial charge in [-0.3, -0.25) is 9.79 Å². The maximum absolute atomic E-state index is 13.1. The van der Waals surface area contributed by atoms with Crippen LogP contribution < -0.4 is 5.32 Å². The molecule has 5 rings (SSSR count). The lowest BCUT2D eigenvalue weighted by atomic mass is 10.1. The molecule has 0 fully saturated rings. The summed E-state index contributed by atoms with van der Waals surface area (Å²) in [5, 5.41) is 10.1. The van der Waals surface area contributed by atoms with Crippen molar-refractivity contribution < 1.29 is 4.79 Å². The number of pyridine rings is 1. The molecule has 0 saturated carbocycles. The van der Waals surface area contributed by atoms with Crippen LogP contribution in [0.15, 0.2) is 65.8 Å². The van der Waals surface area contributed by atoms with Gasteiger partial charge < -0.3 is 10.2 Å². The van der Waals surface area contributed by atoms with Crippen LogP contribution in [0.25, 0.3) is 16.5 Å². The van der Waals surface area contributed by atoms with Crippen molar-refractivity contribution in [3.8, 4) is 5.69 Å². The lowest BCUT2D eigenvalue weighted by Crippen LogP contribution is -2.23. The lowest BCUT2D eigenvalue weighted by molar-refractivity contribution is 0.101. The average Bonchev–Trinajstić information content (AvgIpc) is 3.39. The van der Waals surface area contributed by atoms with Crippen molar-refractivity contribution in [3.05, 3.63) is 82.8 Å². The summed E-state index contributed by atoms with van der Waals surface area (Å²) in [6.07, 6.45) is 1.73. The Morgan fingerprint density at radius 3 is 2.62 bits per heavy atom. The number of hydrogen-bond donors (Lipinski definition) is 1. The van der Waals surface area contributed by atoms with E-state index in [-0.39, 0.29) is 5.91 Å². The summed E-state index contributed by atoms with van der Waals surface area (Å²) in [6, 6.07) is 17.1. The minimum atomic E-state index is -0.280. The molecule has 0 saturated heterocycles. The first kappa shape index (κ1) is 20.2. The zero-order valence-electron chi connectivity index (χ0n) is 17.7.